The molecule has 2 amide bonds. The third-order valence-corrected chi connectivity index (χ3v) is 6.45. The first-order valence-electron chi connectivity index (χ1n) is 9.89. The van der Waals surface area contributed by atoms with Gasteiger partial charge in [-0.1, -0.05) is 0 Å². The standard InChI is InChI=1S/C21H26N2O5/c1-28-16-6-4-15(5-7-16)19(25)23-13-21(12-17(23)20(26)27)8-10-22(11-9-21)18(24)14-2-3-14/h4-7,14,17H,2-3,8-13H2,1H3,(H,26,27). The van der Waals surface area contributed by atoms with Gasteiger partial charge < -0.3 is 19.6 Å². The molecule has 3 aliphatic rings. The van der Waals surface area contributed by atoms with Crippen LogP contribution in [-0.4, -0.2) is 65.5 Å². The second-order valence-corrected chi connectivity index (χ2v) is 8.32. The third-order valence-electron chi connectivity index (χ3n) is 6.45. The van der Waals surface area contributed by atoms with Crippen molar-refractivity contribution in [1.82, 2.24) is 9.80 Å². The molecule has 1 atom stereocenters. The number of hydrogen-bond acceptors (Lipinski definition) is 4. The van der Waals surface area contributed by atoms with Gasteiger partial charge in [-0.05, 0) is 61.8 Å². The van der Waals surface area contributed by atoms with Crippen LogP contribution in [0.1, 0.15) is 42.5 Å². The Morgan fingerprint density at radius 3 is 2.29 bits per heavy atom. The molecule has 1 aliphatic carbocycles. The molecule has 1 aromatic rings. The number of hydrogen-bond donors (Lipinski definition) is 1. The summed E-state index contributed by atoms with van der Waals surface area (Å²) in [7, 11) is 1.56. The molecule has 1 N–H and O–H groups in total. The smallest absolute Gasteiger partial charge is 0.326 e. The molecule has 2 aliphatic heterocycles. The molecule has 3 fully saturated rings. The highest BCUT2D eigenvalue weighted by Gasteiger charge is 2.50. The summed E-state index contributed by atoms with van der Waals surface area (Å²) >= 11 is 0. The zero-order valence-corrected chi connectivity index (χ0v) is 16.1. The highest BCUT2D eigenvalue weighted by atomic mass is 16.5. The number of amides is 2. The summed E-state index contributed by atoms with van der Waals surface area (Å²) in [4.78, 5) is 40.6. The number of nitrogens with zero attached hydrogens (tertiary/aromatic N) is 2. The lowest BCUT2D eigenvalue weighted by Gasteiger charge is -2.39. The number of benzene rings is 1. The van der Waals surface area contributed by atoms with Crippen LogP contribution >= 0.6 is 0 Å². The summed E-state index contributed by atoms with van der Waals surface area (Å²) < 4.78 is 5.12. The van der Waals surface area contributed by atoms with E-state index in [2.05, 4.69) is 0 Å². The topological polar surface area (TPSA) is 87.2 Å². The number of methoxy groups -OCH3 is 1. The van der Waals surface area contributed by atoms with Crippen molar-refractivity contribution in [1.29, 1.82) is 0 Å². The van der Waals surface area contributed by atoms with Crippen molar-refractivity contribution >= 4 is 17.8 Å². The zero-order valence-electron chi connectivity index (χ0n) is 16.1. The molecule has 7 heteroatoms. The SMILES string of the molecule is COc1ccc(C(=O)N2CC3(CCN(C(=O)C4CC4)CC3)CC2C(=O)O)cc1. The van der Waals surface area contributed by atoms with Crippen LogP contribution in [0.5, 0.6) is 5.75 Å². The molecule has 4 rings (SSSR count). The van der Waals surface area contributed by atoms with Crippen molar-refractivity contribution in [2.75, 3.05) is 26.7 Å². The average Bonchev–Trinajstić information content (AvgIpc) is 3.50. The van der Waals surface area contributed by atoms with Crippen LogP contribution in [0, 0.1) is 11.3 Å². The molecule has 150 valence electrons. The lowest BCUT2D eigenvalue weighted by molar-refractivity contribution is -0.141. The number of carbonyl (C=O) groups is 3. The molecule has 1 saturated carbocycles. The van der Waals surface area contributed by atoms with E-state index >= 15 is 0 Å². The van der Waals surface area contributed by atoms with E-state index in [1.807, 2.05) is 4.90 Å². The van der Waals surface area contributed by atoms with Crippen molar-refractivity contribution in [3.8, 4) is 5.75 Å². The molecule has 0 bridgehead atoms. The molecule has 1 unspecified atom stereocenters. The molecule has 1 aromatic carbocycles. The van der Waals surface area contributed by atoms with E-state index in [-0.39, 0.29) is 23.1 Å². The summed E-state index contributed by atoms with van der Waals surface area (Å²) in [5, 5.41) is 9.72. The van der Waals surface area contributed by atoms with Crippen molar-refractivity contribution < 1.29 is 24.2 Å². The highest BCUT2D eigenvalue weighted by Crippen LogP contribution is 2.45. The van der Waals surface area contributed by atoms with E-state index in [4.69, 9.17) is 4.74 Å². The van der Waals surface area contributed by atoms with Crippen LogP contribution in [-0.2, 0) is 9.59 Å². The van der Waals surface area contributed by atoms with Gasteiger partial charge >= 0.3 is 5.97 Å². The number of carboxylic acids is 1. The number of ether oxygens (including phenoxy) is 1. The van der Waals surface area contributed by atoms with Gasteiger partial charge in [-0.15, -0.1) is 0 Å². The molecule has 2 saturated heterocycles. The minimum atomic E-state index is -0.963. The number of likely N-dealkylation sites (tertiary alicyclic amines) is 2. The quantitative estimate of drug-likeness (QED) is 0.855. The number of piperidine rings is 1. The molecule has 0 aromatic heterocycles. The highest BCUT2D eigenvalue weighted by molar-refractivity contribution is 5.97. The van der Waals surface area contributed by atoms with Crippen LogP contribution < -0.4 is 4.74 Å². The first-order chi connectivity index (χ1) is 13.4. The minimum Gasteiger partial charge on any atom is -0.497 e. The fraction of sp³-hybridized carbons (Fsp3) is 0.571. The van der Waals surface area contributed by atoms with Crippen molar-refractivity contribution in [3.63, 3.8) is 0 Å². The first kappa shape index (κ1) is 18.8. The molecule has 28 heavy (non-hydrogen) atoms. The van der Waals surface area contributed by atoms with Crippen LogP contribution in [0.2, 0.25) is 0 Å². The van der Waals surface area contributed by atoms with Crippen LogP contribution in [0.4, 0.5) is 0 Å². The van der Waals surface area contributed by atoms with Gasteiger partial charge in [-0.2, -0.15) is 0 Å². The van der Waals surface area contributed by atoms with Crippen LogP contribution in [0.25, 0.3) is 0 Å². The Balaban J connectivity index is 1.48. The van der Waals surface area contributed by atoms with Crippen LogP contribution in [0.3, 0.4) is 0 Å². The Morgan fingerprint density at radius 2 is 1.75 bits per heavy atom. The lowest BCUT2D eigenvalue weighted by Crippen LogP contribution is -2.45. The number of aliphatic carboxylic acids is 1. The molecule has 0 radical (unpaired) electrons. The molecule has 1 spiro atoms. The average molecular weight is 386 g/mol. The molecule has 7 nitrogen and oxygen atoms in total. The predicted molar refractivity (Wildman–Crippen MR) is 101 cm³/mol. The van der Waals surface area contributed by atoms with Gasteiger partial charge in [-0.25, -0.2) is 4.79 Å². The van der Waals surface area contributed by atoms with Crippen molar-refractivity contribution in [2.24, 2.45) is 11.3 Å². The number of carboxylic acid groups (broad SMARTS) is 1. The Bertz CT molecular complexity index is 778. The van der Waals surface area contributed by atoms with E-state index in [1.165, 1.54) is 4.90 Å². The largest absolute Gasteiger partial charge is 0.497 e. The predicted octanol–water partition coefficient (Wildman–Crippen LogP) is 2.01. The Morgan fingerprint density at radius 1 is 1.11 bits per heavy atom. The van der Waals surface area contributed by atoms with Gasteiger partial charge in [0.25, 0.3) is 5.91 Å². The normalized spacial score (nSPS) is 23.7. The second kappa shape index (κ2) is 7.11. The zero-order chi connectivity index (χ0) is 19.9. The number of rotatable bonds is 4. The Labute approximate surface area is 164 Å². The Hall–Kier alpha value is -2.57. The van der Waals surface area contributed by atoms with E-state index in [1.54, 1.807) is 31.4 Å². The second-order valence-electron chi connectivity index (χ2n) is 8.32. The van der Waals surface area contributed by atoms with Gasteiger partial charge in [0.2, 0.25) is 5.91 Å². The molecular formula is C21H26N2O5. The minimum absolute atomic E-state index is 0.206. The fourth-order valence-corrected chi connectivity index (χ4v) is 4.54. The molecule has 2 heterocycles. The summed E-state index contributed by atoms with van der Waals surface area (Å²) in [6.07, 6.45) is 3.94. The van der Waals surface area contributed by atoms with Gasteiger partial charge in [0, 0.05) is 31.1 Å². The summed E-state index contributed by atoms with van der Waals surface area (Å²) in [6.45, 7) is 1.75. The summed E-state index contributed by atoms with van der Waals surface area (Å²) in [5.74, 6) is -0.123. The maximum absolute atomic E-state index is 13.0. The van der Waals surface area contributed by atoms with Crippen molar-refractivity contribution in [2.45, 2.75) is 38.1 Å². The van der Waals surface area contributed by atoms with E-state index in [0.29, 0.717) is 37.4 Å². The number of carbonyl (C=O) groups excluding carboxylic acids is 2. The summed E-state index contributed by atoms with van der Waals surface area (Å²) in [5.41, 5.74) is 0.247. The van der Waals surface area contributed by atoms with Gasteiger partial charge in [0.1, 0.15) is 11.8 Å². The van der Waals surface area contributed by atoms with Crippen LogP contribution in [0.15, 0.2) is 24.3 Å². The Kier molecular flexibility index (Phi) is 4.77. The summed E-state index contributed by atoms with van der Waals surface area (Å²) in [6, 6.07) is 5.93. The van der Waals surface area contributed by atoms with E-state index < -0.39 is 12.0 Å². The van der Waals surface area contributed by atoms with E-state index in [0.717, 1.165) is 25.7 Å². The van der Waals surface area contributed by atoms with Gasteiger partial charge in [0.15, 0.2) is 0 Å². The maximum Gasteiger partial charge on any atom is 0.326 e. The first-order valence-corrected chi connectivity index (χ1v) is 9.89. The lowest BCUT2D eigenvalue weighted by atomic mass is 9.76. The fourth-order valence-electron chi connectivity index (χ4n) is 4.54. The van der Waals surface area contributed by atoms with Gasteiger partial charge in [0.05, 0.1) is 7.11 Å². The molecular weight excluding hydrogens is 360 g/mol. The monoisotopic (exact) mass is 386 g/mol. The van der Waals surface area contributed by atoms with E-state index in [9.17, 15) is 19.5 Å². The van der Waals surface area contributed by atoms with Gasteiger partial charge in [-0.3, -0.25) is 9.59 Å². The van der Waals surface area contributed by atoms with Crippen molar-refractivity contribution in [3.05, 3.63) is 29.8 Å². The third kappa shape index (κ3) is 3.45. The maximum atomic E-state index is 13.0.